The summed E-state index contributed by atoms with van der Waals surface area (Å²) in [7, 11) is 1.33. The number of nitrogens with zero attached hydrogens (tertiary/aromatic N) is 3. The first-order valence-electron chi connectivity index (χ1n) is 5.76. The first-order chi connectivity index (χ1) is 8.61. The number of halogens is 1. The van der Waals surface area contributed by atoms with Gasteiger partial charge in [0.25, 0.3) is 0 Å². The molecule has 0 spiro atoms. The van der Waals surface area contributed by atoms with E-state index in [0.717, 1.165) is 24.2 Å². The van der Waals surface area contributed by atoms with Gasteiger partial charge < -0.3 is 4.74 Å². The number of aryl methyl sites for hydroxylation is 1. The van der Waals surface area contributed by atoms with Gasteiger partial charge in [0.05, 0.1) is 23.5 Å². The number of carbonyl (C=O) groups excluding carboxylic acids is 1. The lowest BCUT2D eigenvalue weighted by molar-refractivity contribution is 0.0590. The van der Waals surface area contributed by atoms with E-state index in [-0.39, 0.29) is 5.69 Å². The Kier molecular flexibility index (Phi) is 2.52. The zero-order valence-electron chi connectivity index (χ0n) is 10.1. The second kappa shape index (κ2) is 3.95. The van der Waals surface area contributed by atoms with Gasteiger partial charge in [-0.1, -0.05) is 11.6 Å². The molecule has 18 heavy (non-hydrogen) atoms. The van der Waals surface area contributed by atoms with Crippen molar-refractivity contribution in [1.82, 2.24) is 14.6 Å². The van der Waals surface area contributed by atoms with Gasteiger partial charge in [-0.2, -0.15) is 5.10 Å². The molecule has 2 heterocycles. The highest BCUT2D eigenvalue weighted by Gasteiger charge is 2.31. The maximum atomic E-state index is 11.9. The average molecular weight is 266 g/mol. The molecule has 0 aromatic carbocycles. The Bertz CT molecular complexity index is 646. The maximum absolute atomic E-state index is 11.9. The lowest BCUT2D eigenvalue weighted by atomic mass is 10.2. The molecule has 1 aliphatic rings. The summed E-state index contributed by atoms with van der Waals surface area (Å²) in [6.07, 6.45) is 2.13. The molecular formula is C12H12ClN3O2. The van der Waals surface area contributed by atoms with Crippen molar-refractivity contribution >= 4 is 23.2 Å². The molecule has 0 saturated heterocycles. The smallest absolute Gasteiger partial charge is 0.358 e. The monoisotopic (exact) mass is 265 g/mol. The molecule has 0 atom stereocenters. The first-order valence-corrected chi connectivity index (χ1v) is 6.13. The van der Waals surface area contributed by atoms with Gasteiger partial charge >= 0.3 is 5.97 Å². The standard InChI is InChI=1S/C12H12ClN3O2/c1-6-5-8-14-10(7-3-4-7)9(13)11(12(17)18-2)16(8)15-6/h5,7H,3-4H2,1-2H3. The number of esters is 1. The summed E-state index contributed by atoms with van der Waals surface area (Å²) in [5, 5.41) is 4.59. The van der Waals surface area contributed by atoms with Crippen molar-refractivity contribution in [2.45, 2.75) is 25.7 Å². The predicted octanol–water partition coefficient (Wildman–Crippen LogP) is 2.36. The van der Waals surface area contributed by atoms with Gasteiger partial charge in [0.2, 0.25) is 0 Å². The molecule has 6 heteroatoms. The highest BCUT2D eigenvalue weighted by molar-refractivity contribution is 6.34. The molecule has 1 saturated carbocycles. The third-order valence-corrected chi connectivity index (χ3v) is 3.41. The Hall–Kier alpha value is -1.62. The van der Waals surface area contributed by atoms with Gasteiger partial charge in [-0.3, -0.25) is 0 Å². The third-order valence-electron chi connectivity index (χ3n) is 3.04. The minimum Gasteiger partial charge on any atom is -0.464 e. The van der Waals surface area contributed by atoms with Gasteiger partial charge in [-0.05, 0) is 19.8 Å². The summed E-state index contributed by atoms with van der Waals surface area (Å²) in [5.74, 6) is -0.126. The van der Waals surface area contributed by atoms with Crippen LogP contribution >= 0.6 is 11.6 Å². The molecular weight excluding hydrogens is 254 g/mol. The van der Waals surface area contributed by atoms with Crippen LogP contribution in [0.5, 0.6) is 0 Å². The Morgan fingerprint density at radius 3 is 2.89 bits per heavy atom. The molecule has 0 N–H and O–H groups in total. The minimum atomic E-state index is -0.489. The molecule has 2 aromatic heterocycles. The topological polar surface area (TPSA) is 56.5 Å². The maximum Gasteiger partial charge on any atom is 0.358 e. The summed E-state index contributed by atoms with van der Waals surface area (Å²) in [6, 6.07) is 1.83. The largest absolute Gasteiger partial charge is 0.464 e. The van der Waals surface area contributed by atoms with Crippen molar-refractivity contribution in [3.05, 3.63) is 28.2 Å². The van der Waals surface area contributed by atoms with Crippen LogP contribution < -0.4 is 0 Å². The SMILES string of the molecule is COC(=O)c1c(Cl)c(C2CC2)nc2cc(C)nn12. The molecule has 1 aliphatic carbocycles. The summed E-state index contributed by atoms with van der Waals surface area (Å²) >= 11 is 6.28. The first kappa shape index (κ1) is 11.5. The Morgan fingerprint density at radius 1 is 1.56 bits per heavy atom. The van der Waals surface area contributed by atoms with E-state index in [2.05, 4.69) is 10.1 Å². The number of methoxy groups -OCH3 is 1. The molecule has 2 aromatic rings. The van der Waals surface area contributed by atoms with Gasteiger partial charge in [0, 0.05) is 12.0 Å². The fraction of sp³-hybridized carbons (Fsp3) is 0.417. The van der Waals surface area contributed by atoms with Crippen molar-refractivity contribution in [3.8, 4) is 0 Å². The fourth-order valence-electron chi connectivity index (χ4n) is 2.02. The van der Waals surface area contributed by atoms with E-state index in [4.69, 9.17) is 16.3 Å². The zero-order valence-corrected chi connectivity index (χ0v) is 10.9. The molecule has 0 bridgehead atoms. The summed E-state index contributed by atoms with van der Waals surface area (Å²) < 4.78 is 6.23. The summed E-state index contributed by atoms with van der Waals surface area (Å²) in [4.78, 5) is 16.4. The molecule has 94 valence electrons. The van der Waals surface area contributed by atoms with Crippen molar-refractivity contribution in [2.75, 3.05) is 7.11 Å². The molecule has 1 fully saturated rings. The number of carbonyl (C=O) groups is 1. The van der Waals surface area contributed by atoms with Crippen LogP contribution in [0, 0.1) is 6.92 Å². The van der Waals surface area contributed by atoms with Crippen LogP contribution in [-0.4, -0.2) is 27.7 Å². The second-order valence-corrected chi connectivity index (χ2v) is 4.86. The van der Waals surface area contributed by atoms with Crippen LogP contribution in [0.1, 0.15) is 40.6 Å². The quantitative estimate of drug-likeness (QED) is 0.782. The number of hydrogen-bond donors (Lipinski definition) is 0. The fourth-order valence-corrected chi connectivity index (χ4v) is 2.37. The number of hydrogen-bond acceptors (Lipinski definition) is 4. The average Bonchev–Trinajstić information content (AvgIpc) is 3.10. The molecule has 0 radical (unpaired) electrons. The normalized spacial score (nSPS) is 15.1. The van der Waals surface area contributed by atoms with Gasteiger partial charge in [0.1, 0.15) is 0 Å². The van der Waals surface area contributed by atoms with Crippen LogP contribution in [0.25, 0.3) is 5.65 Å². The van der Waals surface area contributed by atoms with Crippen molar-refractivity contribution < 1.29 is 9.53 Å². The molecule has 5 nitrogen and oxygen atoms in total. The van der Waals surface area contributed by atoms with E-state index < -0.39 is 5.97 Å². The van der Waals surface area contributed by atoms with E-state index in [1.807, 2.05) is 13.0 Å². The van der Waals surface area contributed by atoms with E-state index in [1.165, 1.54) is 11.6 Å². The van der Waals surface area contributed by atoms with Gasteiger partial charge in [-0.25, -0.2) is 14.3 Å². The molecule has 0 unspecified atom stereocenters. The lowest BCUT2D eigenvalue weighted by Crippen LogP contribution is -2.13. The minimum absolute atomic E-state index is 0.263. The van der Waals surface area contributed by atoms with E-state index >= 15 is 0 Å². The summed E-state index contributed by atoms with van der Waals surface area (Å²) in [6.45, 7) is 1.85. The summed E-state index contributed by atoms with van der Waals surface area (Å²) in [5.41, 5.74) is 2.47. The van der Waals surface area contributed by atoms with Crippen LogP contribution in [-0.2, 0) is 4.74 Å². The Labute approximate surface area is 109 Å². The highest BCUT2D eigenvalue weighted by Crippen LogP contribution is 2.43. The van der Waals surface area contributed by atoms with E-state index in [0.29, 0.717) is 16.6 Å². The zero-order chi connectivity index (χ0) is 12.9. The van der Waals surface area contributed by atoms with E-state index in [9.17, 15) is 4.79 Å². The number of ether oxygens (including phenoxy) is 1. The Morgan fingerprint density at radius 2 is 2.28 bits per heavy atom. The number of aromatic nitrogens is 3. The second-order valence-electron chi connectivity index (χ2n) is 4.48. The molecule has 3 rings (SSSR count). The van der Waals surface area contributed by atoms with Crippen LogP contribution in [0.15, 0.2) is 6.07 Å². The molecule has 0 aliphatic heterocycles. The predicted molar refractivity (Wildman–Crippen MR) is 66.0 cm³/mol. The number of fused-ring (bicyclic) bond motifs is 1. The van der Waals surface area contributed by atoms with Crippen LogP contribution in [0.4, 0.5) is 0 Å². The van der Waals surface area contributed by atoms with E-state index in [1.54, 1.807) is 0 Å². The highest BCUT2D eigenvalue weighted by atomic mass is 35.5. The van der Waals surface area contributed by atoms with Crippen molar-refractivity contribution in [1.29, 1.82) is 0 Å². The number of rotatable bonds is 2. The van der Waals surface area contributed by atoms with Crippen LogP contribution in [0.2, 0.25) is 5.02 Å². The lowest BCUT2D eigenvalue weighted by Gasteiger charge is -2.09. The van der Waals surface area contributed by atoms with Crippen molar-refractivity contribution in [2.24, 2.45) is 0 Å². The van der Waals surface area contributed by atoms with Crippen molar-refractivity contribution in [3.63, 3.8) is 0 Å². The van der Waals surface area contributed by atoms with Gasteiger partial charge in [0.15, 0.2) is 11.3 Å². The van der Waals surface area contributed by atoms with Gasteiger partial charge in [-0.15, -0.1) is 0 Å². The third kappa shape index (κ3) is 1.66. The molecule has 0 amide bonds. The Balaban J connectivity index is 2.33. The van der Waals surface area contributed by atoms with Crippen LogP contribution in [0.3, 0.4) is 0 Å².